The lowest BCUT2D eigenvalue weighted by atomic mass is 9.89. The molecule has 0 radical (unpaired) electrons. The summed E-state index contributed by atoms with van der Waals surface area (Å²) in [5, 5.41) is 3.67. The molecule has 1 rings (SSSR count). The minimum atomic E-state index is 0.218. The normalized spacial score (nSPS) is 11.5. The van der Waals surface area contributed by atoms with Crippen LogP contribution >= 0.6 is 22.6 Å². The third-order valence-electron chi connectivity index (χ3n) is 3.42. The van der Waals surface area contributed by atoms with Crippen LogP contribution in [0.1, 0.15) is 40.0 Å². The molecule has 0 bridgehead atoms. The van der Waals surface area contributed by atoms with Crippen molar-refractivity contribution >= 4 is 34.0 Å². The van der Waals surface area contributed by atoms with E-state index in [2.05, 4.69) is 54.7 Å². The second kappa shape index (κ2) is 5.75. The minimum absolute atomic E-state index is 0.218. The van der Waals surface area contributed by atoms with Gasteiger partial charge in [-0.05, 0) is 60.1 Å². The number of nitrogens with one attached hydrogen (secondary N) is 1. The smallest absolute Gasteiger partial charge is 0.0481 e. The van der Waals surface area contributed by atoms with Crippen molar-refractivity contribution in [3.8, 4) is 0 Å². The molecule has 0 atom stereocenters. The highest BCUT2D eigenvalue weighted by Gasteiger charge is 2.23. The van der Waals surface area contributed by atoms with Gasteiger partial charge in [0.1, 0.15) is 0 Å². The van der Waals surface area contributed by atoms with Gasteiger partial charge in [0.05, 0.1) is 0 Å². The van der Waals surface area contributed by atoms with Gasteiger partial charge in [0.2, 0.25) is 0 Å². The predicted octanol–water partition coefficient (Wildman–Crippen LogP) is 4.25. The lowest BCUT2D eigenvalue weighted by molar-refractivity contribution is 0.420. The molecule has 1 aromatic rings. The molecule has 0 fully saturated rings. The van der Waals surface area contributed by atoms with Crippen molar-refractivity contribution in [2.45, 2.75) is 45.6 Å². The molecule has 1 aromatic carbocycles. The number of nitrogen functional groups attached to an aromatic ring is 1. The summed E-state index contributed by atoms with van der Waals surface area (Å²) in [7, 11) is 0. The van der Waals surface area contributed by atoms with Crippen LogP contribution in [0.5, 0.6) is 0 Å². The van der Waals surface area contributed by atoms with Crippen LogP contribution in [0, 0.1) is 3.57 Å². The quantitative estimate of drug-likeness (QED) is 0.625. The lowest BCUT2D eigenvalue weighted by Crippen LogP contribution is -2.36. The second-order valence-electron chi connectivity index (χ2n) is 4.21. The fraction of sp³-hybridized carbons (Fsp3) is 0.538. The third-order valence-corrected chi connectivity index (χ3v) is 4.32. The van der Waals surface area contributed by atoms with Gasteiger partial charge < -0.3 is 11.1 Å². The number of benzene rings is 1. The molecule has 3 heteroatoms. The SMILES string of the molecule is CCC(CC)(CC)Nc1ccc(N)cc1I. The molecule has 0 aliphatic carbocycles. The zero-order chi connectivity index (χ0) is 12.2. The number of nitrogens with two attached hydrogens (primary N) is 1. The van der Waals surface area contributed by atoms with Crippen molar-refractivity contribution in [1.29, 1.82) is 0 Å². The van der Waals surface area contributed by atoms with Gasteiger partial charge in [-0.25, -0.2) is 0 Å². The Hall–Kier alpha value is -0.450. The molecule has 90 valence electrons. The summed E-state index contributed by atoms with van der Waals surface area (Å²) in [6, 6.07) is 6.04. The zero-order valence-electron chi connectivity index (χ0n) is 10.3. The van der Waals surface area contributed by atoms with Gasteiger partial charge in [-0.2, -0.15) is 0 Å². The van der Waals surface area contributed by atoms with E-state index in [-0.39, 0.29) is 5.54 Å². The first kappa shape index (κ1) is 13.6. The fourth-order valence-corrected chi connectivity index (χ4v) is 2.61. The second-order valence-corrected chi connectivity index (χ2v) is 5.37. The van der Waals surface area contributed by atoms with Crippen LogP contribution in [0.2, 0.25) is 0 Å². The zero-order valence-corrected chi connectivity index (χ0v) is 12.5. The summed E-state index contributed by atoms with van der Waals surface area (Å²) in [5.41, 5.74) is 7.99. The van der Waals surface area contributed by atoms with Crippen LogP contribution in [0.3, 0.4) is 0 Å². The highest BCUT2D eigenvalue weighted by molar-refractivity contribution is 14.1. The molecule has 3 N–H and O–H groups in total. The first-order valence-corrected chi connectivity index (χ1v) is 6.98. The standard InChI is InChI=1S/C13H21IN2/c1-4-13(5-2,6-3)16-12-8-7-10(15)9-11(12)14/h7-9,16H,4-6,15H2,1-3H3. The van der Waals surface area contributed by atoms with Crippen molar-refractivity contribution < 1.29 is 0 Å². The summed E-state index contributed by atoms with van der Waals surface area (Å²) < 4.78 is 1.19. The first-order valence-electron chi connectivity index (χ1n) is 5.90. The Bertz CT molecular complexity index is 338. The highest BCUT2D eigenvalue weighted by atomic mass is 127. The summed E-state index contributed by atoms with van der Waals surface area (Å²) in [5.74, 6) is 0. The average Bonchev–Trinajstić information content (AvgIpc) is 2.29. The Kier molecular flexibility index (Phi) is 4.89. The minimum Gasteiger partial charge on any atom is -0.399 e. The van der Waals surface area contributed by atoms with Crippen molar-refractivity contribution in [3.05, 3.63) is 21.8 Å². The van der Waals surface area contributed by atoms with Crippen molar-refractivity contribution in [2.75, 3.05) is 11.1 Å². The molecular formula is C13H21IN2. The molecule has 0 unspecified atom stereocenters. The molecular weight excluding hydrogens is 311 g/mol. The number of halogens is 1. The van der Waals surface area contributed by atoms with E-state index in [1.807, 2.05) is 12.1 Å². The van der Waals surface area contributed by atoms with Crippen LogP contribution in [0.4, 0.5) is 11.4 Å². The number of hydrogen-bond acceptors (Lipinski definition) is 2. The lowest BCUT2D eigenvalue weighted by Gasteiger charge is -2.33. The third kappa shape index (κ3) is 3.03. The summed E-state index contributed by atoms with van der Waals surface area (Å²) >= 11 is 2.33. The summed E-state index contributed by atoms with van der Waals surface area (Å²) in [4.78, 5) is 0. The maximum Gasteiger partial charge on any atom is 0.0481 e. The Morgan fingerprint density at radius 1 is 1.19 bits per heavy atom. The highest BCUT2D eigenvalue weighted by Crippen LogP contribution is 2.29. The van der Waals surface area contributed by atoms with Gasteiger partial charge in [-0.15, -0.1) is 0 Å². The predicted molar refractivity (Wildman–Crippen MR) is 80.8 cm³/mol. The molecule has 0 aromatic heterocycles. The molecule has 0 aliphatic heterocycles. The Balaban J connectivity index is 2.93. The molecule has 2 nitrogen and oxygen atoms in total. The summed E-state index contributed by atoms with van der Waals surface area (Å²) in [6.45, 7) is 6.72. The van der Waals surface area contributed by atoms with E-state index >= 15 is 0 Å². The maximum atomic E-state index is 5.76. The van der Waals surface area contributed by atoms with E-state index in [9.17, 15) is 0 Å². The van der Waals surface area contributed by atoms with E-state index < -0.39 is 0 Å². The Morgan fingerprint density at radius 3 is 2.19 bits per heavy atom. The molecule has 0 saturated heterocycles. The van der Waals surface area contributed by atoms with Crippen LogP contribution in [-0.2, 0) is 0 Å². The molecule has 0 amide bonds. The van der Waals surface area contributed by atoms with Crippen molar-refractivity contribution in [1.82, 2.24) is 0 Å². The summed E-state index contributed by atoms with van der Waals surface area (Å²) in [6.07, 6.45) is 3.42. The number of anilines is 2. The molecule has 0 heterocycles. The molecule has 16 heavy (non-hydrogen) atoms. The maximum absolute atomic E-state index is 5.76. The van der Waals surface area contributed by atoms with E-state index in [0.29, 0.717) is 0 Å². The van der Waals surface area contributed by atoms with Crippen LogP contribution in [0.25, 0.3) is 0 Å². The average molecular weight is 332 g/mol. The monoisotopic (exact) mass is 332 g/mol. The van der Waals surface area contributed by atoms with Crippen molar-refractivity contribution in [3.63, 3.8) is 0 Å². The van der Waals surface area contributed by atoms with Crippen LogP contribution in [0.15, 0.2) is 18.2 Å². The molecule has 0 aliphatic rings. The largest absolute Gasteiger partial charge is 0.399 e. The Labute approximate surface area is 112 Å². The van der Waals surface area contributed by atoms with Gasteiger partial charge in [0.25, 0.3) is 0 Å². The topological polar surface area (TPSA) is 38.0 Å². The van der Waals surface area contributed by atoms with Crippen molar-refractivity contribution in [2.24, 2.45) is 0 Å². The van der Waals surface area contributed by atoms with Gasteiger partial charge in [-0.3, -0.25) is 0 Å². The van der Waals surface area contributed by atoms with E-state index in [4.69, 9.17) is 5.73 Å². The number of rotatable bonds is 5. The number of hydrogen-bond donors (Lipinski definition) is 2. The van der Waals surface area contributed by atoms with Gasteiger partial charge in [0.15, 0.2) is 0 Å². The van der Waals surface area contributed by atoms with Gasteiger partial charge >= 0.3 is 0 Å². The van der Waals surface area contributed by atoms with E-state index in [1.165, 1.54) is 9.26 Å². The van der Waals surface area contributed by atoms with Gasteiger partial charge in [0, 0.05) is 20.5 Å². The first-order chi connectivity index (χ1) is 7.56. The fourth-order valence-electron chi connectivity index (χ4n) is 1.93. The van der Waals surface area contributed by atoms with E-state index in [0.717, 1.165) is 24.9 Å². The van der Waals surface area contributed by atoms with Crippen LogP contribution in [-0.4, -0.2) is 5.54 Å². The Morgan fingerprint density at radius 2 is 1.75 bits per heavy atom. The van der Waals surface area contributed by atoms with Gasteiger partial charge in [-0.1, -0.05) is 20.8 Å². The van der Waals surface area contributed by atoms with Crippen LogP contribution < -0.4 is 11.1 Å². The van der Waals surface area contributed by atoms with E-state index in [1.54, 1.807) is 0 Å². The molecule has 0 spiro atoms. The molecule has 0 saturated carbocycles.